The van der Waals surface area contributed by atoms with E-state index in [1.54, 1.807) is 18.2 Å². The van der Waals surface area contributed by atoms with E-state index in [2.05, 4.69) is 0 Å². The summed E-state index contributed by atoms with van der Waals surface area (Å²) in [7, 11) is 1.43. The van der Waals surface area contributed by atoms with Crippen LogP contribution in [0.5, 0.6) is 5.75 Å². The van der Waals surface area contributed by atoms with Crippen LogP contribution in [0.1, 0.15) is 17.2 Å². The topological polar surface area (TPSA) is 70.1 Å². The van der Waals surface area contributed by atoms with Crippen LogP contribution < -0.4 is 4.74 Å². The largest absolute Gasteiger partial charge is 0.492 e. The predicted octanol–water partition coefficient (Wildman–Crippen LogP) is 3.21. The monoisotopic (exact) mass is 458 g/mol. The Morgan fingerprint density at radius 3 is 2.41 bits per heavy atom. The molecule has 1 aliphatic carbocycles. The number of rotatable bonds is 7. The number of ether oxygens (including phenoxy) is 1. The zero-order valence-corrected chi connectivity index (χ0v) is 18.8. The summed E-state index contributed by atoms with van der Waals surface area (Å²) in [5, 5.41) is 11.6. The lowest BCUT2D eigenvalue weighted by molar-refractivity contribution is 0.0686. The van der Waals surface area contributed by atoms with Crippen LogP contribution in [-0.4, -0.2) is 63.1 Å². The summed E-state index contributed by atoms with van der Waals surface area (Å²) >= 11 is 12.4. The van der Waals surface area contributed by atoms with Crippen molar-refractivity contribution in [2.24, 2.45) is 0 Å². The molecule has 0 radical (unpaired) electrons. The fourth-order valence-electron chi connectivity index (χ4n) is 3.53. The molecule has 3 rings (SSSR count). The van der Waals surface area contributed by atoms with Gasteiger partial charge in [0.25, 0.3) is 0 Å². The summed E-state index contributed by atoms with van der Waals surface area (Å²) < 4.78 is 31.1. The molecule has 1 aliphatic rings. The van der Waals surface area contributed by atoms with Crippen LogP contribution in [-0.2, 0) is 16.4 Å². The zero-order valence-electron chi connectivity index (χ0n) is 16.5. The van der Waals surface area contributed by atoms with Crippen LogP contribution in [0.4, 0.5) is 0 Å². The second kappa shape index (κ2) is 8.79. The van der Waals surface area contributed by atoms with Crippen molar-refractivity contribution in [3.63, 3.8) is 0 Å². The molecule has 0 amide bonds. The molecule has 2 aromatic carbocycles. The van der Waals surface area contributed by atoms with Crippen molar-refractivity contribution < 1.29 is 18.3 Å². The summed E-state index contributed by atoms with van der Waals surface area (Å²) in [6.07, 6.45) is -0.0790. The number of fused-ring (bicyclic) bond motifs is 1. The van der Waals surface area contributed by atoms with Crippen molar-refractivity contribution in [2.45, 2.75) is 23.5 Å². The van der Waals surface area contributed by atoms with Gasteiger partial charge in [-0.1, -0.05) is 23.2 Å². The molecule has 6 nitrogen and oxygen atoms in total. The number of aliphatic hydroxyl groups is 1. The van der Waals surface area contributed by atoms with Crippen LogP contribution >= 0.6 is 23.2 Å². The van der Waals surface area contributed by atoms with Gasteiger partial charge < -0.3 is 9.84 Å². The van der Waals surface area contributed by atoms with Gasteiger partial charge in [-0.3, -0.25) is 4.90 Å². The van der Waals surface area contributed by atoms with E-state index in [9.17, 15) is 13.5 Å². The Kier molecular flexibility index (Phi) is 6.77. The molecule has 2 aromatic rings. The van der Waals surface area contributed by atoms with Crippen LogP contribution in [0, 0.1) is 0 Å². The molecule has 1 N–H and O–H groups in total. The third-order valence-corrected chi connectivity index (χ3v) is 7.47. The molecule has 0 heterocycles. The number of hydrogen-bond donors (Lipinski definition) is 1. The molecule has 0 aromatic heterocycles. The Morgan fingerprint density at radius 1 is 1.14 bits per heavy atom. The minimum atomic E-state index is -3.46. The van der Waals surface area contributed by atoms with Crippen LogP contribution in [0.2, 0.25) is 10.0 Å². The molecule has 0 bridgehead atoms. The quantitative estimate of drug-likeness (QED) is 0.689. The van der Waals surface area contributed by atoms with Gasteiger partial charge in [-0.25, -0.2) is 12.7 Å². The Bertz CT molecular complexity index is 981. The van der Waals surface area contributed by atoms with Crippen molar-refractivity contribution in [2.75, 3.05) is 34.3 Å². The molecular weight excluding hydrogens is 435 g/mol. The Hall–Kier alpha value is -1.35. The van der Waals surface area contributed by atoms with Gasteiger partial charge in [-0.2, -0.15) is 0 Å². The average molecular weight is 459 g/mol. The highest BCUT2D eigenvalue weighted by Crippen LogP contribution is 2.40. The zero-order chi connectivity index (χ0) is 21.3. The number of nitrogens with zero attached hydrogens (tertiary/aromatic N) is 2. The molecule has 0 aliphatic heterocycles. The molecule has 2 unspecified atom stereocenters. The minimum Gasteiger partial charge on any atom is -0.492 e. The summed E-state index contributed by atoms with van der Waals surface area (Å²) in [5.41, 5.74) is 1.87. The van der Waals surface area contributed by atoms with Gasteiger partial charge in [0.2, 0.25) is 10.0 Å². The first-order valence-corrected chi connectivity index (χ1v) is 11.3. The van der Waals surface area contributed by atoms with E-state index in [1.807, 2.05) is 18.0 Å². The lowest BCUT2D eigenvalue weighted by Crippen LogP contribution is -2.34. The van der Waals surface area contributed by atoms with Gasteiger partial charge in [-0.15, -0.1) is 0 Å². The smallest absolute Gasteiger partial charge is 0.242 e. The van der Waals surface area contributed by atoms with E-state index in [0.29, 0.717) is 35.4 Å². The average Bonchev–Trinajstić information content (AvgIpc) is 2.98. The standard InChI is InChI=1S/C20H24Cl2N2O4S/c1-23(2)29(26,27)15-6-4-14(5-7-15)28-9-8-24(3)20-17-10-13(21)11-18(22)16(17)12-19(20)25/h4-7,10-11,19-20,25H,8-9,12H2,1-3H3. The van der Waals surface area contributed by atoms with Crippen molar-refractivity contribution in [3.05, 3.63) is 57.6 Å². The van der Waals surface area contributed by atoms with Crippen molar-refractivity contribution in [1.29, 1.82) is 0 Å². The maximum absolute atomic E-state index is 12.1. The lowest BCUT2D eigenvalue weighted by atomic mass is 10.1. The predicted molar refractivity (Wildman–Crippen MR) is 114 cm³/mol. The normalized spacial score (nSPS) is 19.0. The molecule has 0 saturated heterocycles. The highest BCUT2D eigenvalue weighted by Gasteiger charge is 2.35. The van der Waals surface area contributed by atoms with E-state index in [1.165, 1.54) is 30.5 Å². The van der Waals surface area contributed by atoms with E-state index in [0.717, 1.165) is 11.1 Å². The number of aliphatic hydroxyl groups excluding tert-OH is 1. The Balaban J connectivity index is 1.62. The van der Waals surface area contributed by atoms with Crippen LogP contribution in [0.25, 0.3) is 0 Å². The van der Waals surface area contributed by atoms with Gasteiger partial charge >= 0.3 is 0 Å². The third kappa shape index (κ3) is 4.71. The summed E-state index contributed by atoms with van der Waals surface area (Å²) in [6.45, 7) is 0.937. The fourth-order valence-corrected chi connectivity index (χ4v) is 5.02. The molecule has 158 valence electrons. The Labute approximate surface area is 181 Å². The molecule has 0 spiro atoms. The fraction of sp³-hybridized carbons (Fsp3) is 0.400. The molecular formula is C20H24Cl2N2O4S. The van der Waals surface area contributed by atoms with Gasteiger partial charge in [0.05, 0.1) is 17.0 Å². The number of sulfonamides is 1. The van der Waals surface area contributed by atoms with Gasteiger partial charge in [0, 0.05) is 37.1 Å². The molecule has 9 heteroatoms. The summed E-state index contributed by atoms with van der Waals surface area (Å²) in [4.78, 5) is 2.22. The first-order chi connectivity index (χ1) is 13.6. The second-order valence-electron chi connectivity index (χ2n) is 7.26. The number of halogens is 2. The second-order valence-corrected chi connectivity index (χ2v) is 10.3. The highest BCUT2D eigenvalue weighted by molar-refractivity contribution is 7.89. The van der Waals surface area contributed by atoms with E-state index in [4.69, 9.17) is 27.9 Å². The lowest BCUT2D eigenvalue weighted by Gasteiger charge is -2.28. The van der Waals surface area contributed by atoms with Gasteiger partial charge in [-0.05, 0) is 54.6 Å². The van der Waals surface area contributed by atoms with Gasteiger partial charge in [0.1, 0.15) is 12.4 Å². The van der Waals surface area contributed by atoms with E-state index in [-0.39, 0.29) is 10.9 Å². The number of likely N-dealkylation sites (N-methyl/N-ethyl adjacent to an activating group) is 1. The van der Waals surface area contributed by atoms with Crippen molar-refractivity contribution in [1.82, 2.24) is 9.21 Å². The first kappa shape index (κ1) is 22.3. The first-order valence-electron chi connectivity index (χ1n) is 9.12. The molecule has 0 saturated carbocycles. The van der Waals surface area contributed by atoms with Crippen LogP contribution in [0.3, 0.4) is 0 Å². The van der Waals surface area contributed by atoms with Crippen molar-refractivity contribution in [3.8, 4) is 5.75 Å². The minimum absolute atomic E-state index is 0.211. The third-order valence-electron chi connectivity index (χ3n) is 5.08. The molecule has 2 atom stereocenters. The Morgan fingerprint density at radius 2 is 1.79 bits per heavy atom. The van der Waals surface area contributed by atoms with Crippen LogP contribution in [0.15, 0.2) is 41.3 Å². The maximum atomic E-state index is 12.1. The summed E-state index contributed by atoms with van der Waals surface area (Å²) in [6, 6.07) is 9.65. The summed E-state index contributed by atoms with van der Waals surface area (Å²) in [5.74, 6) is 0.578. The number of hydrogen-bond acceptors (Lipinski definition) is 5. The highest BCUT2D eigenvalue weighted by atomic mass is 35.5. The van der Waals surface area contributed by atoms with E-state index < -0.39 is 16.1 Å². The molecule has 0 fully saturated rings. The van der Waals surface area contributed by atoms with Gasteiger partial charge in [0.15, 0.2) is 0 Å². The SMILES string of the molecule is CN(CCOc1ccc(S(=O)(=O)N(C)C)cc1)C1c2cc(Cl)cc(Cl)c2CC1O. The van der Waals surface area contributed by atoms with Crippen molar-refractivity contribution >= 4 is 33.2 Å². The maximum Gasteiger partial charge on any atom is 0.242 e. The molecule has 29 heavy (non-hydrogen) atoms. The van der Waals surface area contributed by atoms with E-state index >= 15 is 0 Å². The number of benzene rings is 2.